The van der Waals surface area contributed by atoms with Crippen LogP contribution in [-0.4, -0.2) is 36.6 Å². The first-order valence-electron chi connectivity index (χ1n) is 9.08. The summed E-state index contributed by atoms with van der Waals surface area (Å²) in [6.45, 7) is 4.33. The average molecular weight is 410 g/mol. The van der Waals surface area contributed by atoms with Crippen molar-refractivity contribution in [2.45, 2.75) is 13.8 Å². The zero-order valence-corrected chi connectivity index (χ0v) is 16.9. The summed E-state index contributed by atoms with van der Waals surface area (Å²) < 4.78 is 11.5. The highest BCUT2D eigenvalue weighted by atomic mass is 16.5. The third kappa shape index (κ3) is 7.50. The van der Waals surface area contributed by atoms with E-state index in [9.17, 15) is 0 Å². The van der Waals surface area contributed by atoms with Gasteiger partial charge in [-0.15, -0.1) is 10.2 Å². The molecule has 2 rings (SSSR count). The Balaban J connectivity index is 1.92. The molecule has 0 unspecified atom stereocenters. The number of benzene rings is 2. The Morgan fingerprint density at radius 1 is 0.667 bits per heavy atom. The van der Waals surface area contributed by atoms with Crippen LogP contribution in [0.5, 0.6) is 11.5 Å². The van der Waals surface area contributed by atoms with Gasteiger partial charge in [0, 0.05) is 11.1 Å². The van der Waals surface area contributed by atoms with Gasteiger partial charge in [-0.2, -0.15) is 10.2 Å². The Labute approximate surface area is 175 Å². The Kier molecular flexibility index (Phi) is 8.18. The summed E-state index contributed by atoms with van der Waals surface area (Å²) in [5, 5.41) is 15.2. The van der Waals surface area contributed by atoms with Crippen molar-refractivity contribution in [1.82, 2.24) is 0 Å². The maximum atomic E-state index is 5.75. The first kappa shape index (κ1) is 22.2. The van der Waals surface area contributed by atoms with E-state index in [4.69, 9.17) is 32.4 Å². The lowest BCUT2D eigenvalue weighted by Crippen LogP contribution is -2.22. The lowest BCUT2D eigenvalue weighted by Gasteiger charge is -2.10. The van der Waals surface area contributed by atoms with E-state index in [1.807, 2.05) is 48.5 Å². The predicted octanol–water partition coefficient (Wildman–Crippen LogP) is 1.14. The molecule has 0 spiro atoms. The molecule has 0 fully saturated rings. The zero-order chi connectivity index (χ0) is 21.9. The van der Waals surface area contributed by atoms with E-state index in [-0.39, 0.29) is 11.9 Å². The number of nitrogens with two attached hydrogens (primary N) is 4. The molecule has 0 aromatic heterocycles. The molecule has 0 saturated heterocycles. The number of hydrogen-bond donors (Lipinski definition) is 4. The maximum absolute atomic E-state index is 5.75. The van der Waals surface area contributed by atoms with Crippen LogP contribution in [0.4, 0.5) is 0 Å². The van der Waals surface area contributed by atoms with E-state index in [1.54, 1.807) is 13.8 Å². The summed E-state index contributed by atoms with van der Waals surface area (Å²) in [6, 6.07) is 14.9. The minimum absolute atomic E-state index is 0.0966. The van der Waals surface area contributed by atoms with E-state index in [1.165, 1.54) is 0 Å². The molecule has 0 radical (unpaired) electrons. The smallest absolute Gasteiger partial charge is 0.211 e. The predicted molar refractivity (Wildman–Crippen MR) is 120 cm³/mol. The van der Waals surface area contributed by atoms with Crippen LogP contribution in [0.2, 0.25) is 0 Å². The van der Waals surface area contributed by atoms with E-state index in [2.05, 4.69) is 20.4 Å². The second kappa shape index (κ2) is 11.1. The van der Waals surface area contributed by atoms with Crippen LogP contribution < -0.4 is 32.4 Å². The van der Waals surface area contributed by atoms with Crippen molar-refractivity contribution in [1.29, 1.82) is 0 Å². The monoisotopic (exact) mass is 410 g/mol. The summed E-state index contributed by atoms with van der Waals surface area (Å²) in [7, 11) is 0. The minimum atomic E-state index is -0.0966. The first-order valence-corrected chi connectivity index (χ1v) is 9.08. The van der Waals surface area contributed by atoms with Gasteiger partial charge in [-0.3, -0.25) is 0 Å². The molecule has 0 saturated carbocycles. The van der Waals surface area contributed by atoms with Gasteiger partial charge in [0.1, 0.15) is 24.7 Å². The van der Waals surface area contributed by atoms with Crippen molar-refractivity contribution < 1.29 is 9.47 Å². The minimum Gasteiger partial charge on any atom is -0.490 e. The van der Waals surface area contributed by atoms with Gasteiger partial charge < -0.3 is 32.4 Å². The molecule has 10 heteroatoms. The van der Waals surface area contributed by atoms with Crippen molar-refractivity contribution in [3.63, 3.8) is 0 Å². The van der Waals surface area contributed by atoms with Gasteiger partial charge in [-0.25, -0.2) is 0 Å². The van der Waals surface area contributed by atoms with Gasteiger partial charge in [0.15, 0.2) is 0 Å². The maximum Gasteiger partial charge on any atom is 0.211 e. The molecule has 0 bridgehead atoms. The average Bonchev–Trinajstić information content (AvgIpc) is 2.73. The summed E-state index contributed by atoms with van der Waals surface area (Å²) in [6.07, 6.45) is 0. The van der Waals surface area contributed by atoms with Crippen LogP contribution in [0.25, 0.3) is 0 Å². The SMILES string of the molecule is C/C(=N\N=C(N)N)c1cccc(OCCOc2cccc(/C(C)=N/N=C(N)N)c2)c1. The number of guanidine groups is 2. The van der Waals surface area contributed by atoms with Gasteiger partial charge in [0.05, 0.1) is 11.4 Å². The summed E-state index contributed by atoms with van der Waals surface area (Å²) in [5.41, 5.74) is 24.2. The molecule has 0 heterocycles. The van der Waals surface area contributed by atoms with Gasteiger partial charge in [0.2, 0.25) is 11.9 Å². The molecule has 158 valence electrons. The fraction of sp³-hybridized carbons (Fsp3) is 0.200. The number of nitrogens with zero attached hydrogens (tertiary/aromatic N) is 4. The number of rotatable bonds is 9. The second-order valence-electron chi connectivity index (χ2n) is 6.17. The second-order valence-corrected chi connectivity index (χ2v) is 6.17. The van der Waals surface area contributed by atoms with Crippen molar-refractivity contribution in [2.75, 3.05) is 13.2 Å². The molecular formula is C20H26N8O2. The molecule has 0 amide bonds. The van der Waals surface area contributed by atoms with Crippen LogP contribution in [0.1, 0.15) is 25.0 Å². The van der Waals surface area contributed by atoms with Crippen LogP contribution in [-0.2, 0) is 0 Å². The summed E-state index contributed by atoms with van der Waals surface area (Å²) >= 11 is 0. The molecular weight excluding hydrogens is 384 g/mol. The quantitative estimate of drug-likeness (QED) is 0.209. The highest BCUT2D eigenvalue weighted by Gasteiger charge is 2.03. The fourth-order valence-electron chi connectivity index (χ4n) is 2.32. The van der Waals surface area contributed by atoms with Crippen molar-refractivity contribution in [3.8, 4) is 11.5 Å². The molecule has 0 aliphatic heterocycles. The lowest BCUT2D eigenvalue weighted by atomic mass is 10.1. The van der Waals surface area contributed by atoms with Crippen LogP contribution in [0, 0.1) is 0 Å². The lowest BCUT2D eigenvalue weighted by molar-refractivity contribution is 0.217. The van der Waals surface area contributed by atoms with Crippen molar-refractivity contribution in [2.24, 2.45) is 43.3 Å². The molecule has 30 heavy (non-hydrogen) atoms. The van der Waals surface area contributed by atoms with Crippen LogP contribution in [0.3, 0.4) is 0 Å². The third-order valence-electron chi connectivity index (χ3n) is 3.76. The molecule has 0 aliphatic carbocycles. The fourth-order valence-corrected chi connectivity index (χ4v) is 2.32. The molecule has 0 atom stereocenters. The van der Waals surface area contributed by atoms with E-state index < -0.39 is 0 Å². The van der Waals surface area contributed by atoms with Crippen molar-refractivity contribution in [3.05, 3.63) is 59.7 Å². The Morgan fingerprint density at radius 3 is 1.43 bits per heavy atom. The normalized spacial score (nSPS) is 11.5. The standard InChI is InChI=1S/C20H26N8O2/c1-13(25-27-19(21)22)15-5-3-7-17(11-15)29-9-10-30-18-8-4-6-16(12-18)14(2)26-28-20(23)24/h3-8,11-12H,9-10H2,1-2H3,(H4,21,22,27)(H4,23,24,28)/b25-13+,26-14+. The van der Waals surface area contributed by atoms with Crippen molar-refractivity contribution >= 4 is 23.3 Å². The number of ether oxygens (including phenoxy) is 2. The summed E-state index contributed by atoms with van der Waals surface area (Å²) in [4.78, 5) is 0. The molecule has 0 aliphatic rings. The molecule has 10 nitrogen and oxygen atoms in total. The van der Waals surface area contributed by atoms with E-state index >= 15 is 0 Å². The Hall–Kier alpha value is -4.08. The van der Waals surface area contributed by atoms with E-state index in [0.717, 1.165) is 11.1 Å². The Morgan fingerprint density at radius 2 is 1.07 bits per heavy atom. The van der Waals surface area contributed by atoms with Crippen LogP contribution in [0.15, 0.2) is 68.9 Å². The first-order chi connectivity index (χ1) is 14.3. The van der Waals surface area contributed by atoms with Gasteiger partial charge in [0.25, 0.3) is 0 Å². The highest BCUT2D eigenvalue weighted by Crippen LogP contribution is 2.16. The number of hydrogen-bond acceptors (Lipinski definition) is 6. The van der Waals surface area contributed by atoms with Gasteiger partial charge in [-0.1, -0.05) is 24.3 Å². The molecule has 2 aromatic rings. The Bertz CT molecular complexity index is 895. The van der Waals surface area contributed by atoms with Crippen LogP contribution >= 0.6 is 0 Å². The van der Waals surface area contributed by atoms with Gasteiger partial charge in [-0.05, 0) is 38.1 Å². The molecule has 8 N–H and O–H groups in total. The van der Waals surface area contributed by atoms with Gasteiger partial charge >= 0.3 is 0 Å². The summed E-state index contributed by atoms with van der Waals surface area (Å²) in [5.74, 6) is 1.18. The molecule has 2 aromatic carbocycles. The highest BCUT2D eigenvalue weighted by molar-refractivity contribution is 5.99. The third-order valence-corrected chi connectivity index (χ3v) is 3.76. The largest absolute Gasteiger partial charge is 0.490 e. The topological polar surface area (TPSA) is 172 Å². The van der Waals surface area contributed by atoms with E-state index in [0.29, 0.717) is 36.1 Å². The zero-order valence-electron chi connectivity index (χ0n) is 16.9.